The zero-order valence-electron chi connectivity index (χ0n) is 16.5. The minimum atomic E-state index is -0.161. The zero-order chi connectivity index (χ0) is 20.5. The molecule has 1 aromatic heterocycles. The number of carbonyl (C=O) groups excluding carboxylic acids is 1. The first-order valence-electron chi connectivity index (χ1n) is 9.92. The van der Waals surface area contributed by atoms with Gasteiger partial charge in [-0.05, 0) is 61.0 Å². The second-order valence-corrected chi connectivity index (χ2v) is 7.25. The zero-order valence-corrected chi connectivity index (χ0v) is 16.5. The maximum Gasteiger partial charge on any atom is 0.251 e. The van der Waals surface area contributed by atoms with Gasteiger partial charge in [0.15, 0.2) is 11.5 Å². The highest BCUT2D eigenvalue weighted by molar-refractivity contribution is 5.94. The van der Waals surface area contributed by atoms with E-state index < -0.39 is 0 Å². The van der Waals surface area contributed by atoms with E-state index in [2.05, 4.69) is 10.3 Å². The minimum Gasteiger partial charge on any atom is -0.486 e. The van der Waals surface area contributed by atoms with Crippen molar-refractivity contribution in [3.05, 3.63) is 84.2 Å². The van der Waals surface area contributed by atoms with E-state index in [0.29, 0.717) is 18.8 Å². The van der Waals surface area contributed by atoms with E-state index >= 15 is 0 Å². The van der Waals surface area contributed by atoms with Crippen LogP contribution in [0.3, 0.4) is 0 Å². The molecule has 0 bridgehead atoms. The van der Waals surface area contributed by atoms with Gasteiger partial charge in [0.25, 0.3) is 5.91 Å². The molecule has 6 nitrogen and oxygen atoms in total. The van der Waals surface area contributed by atoms with Crippen molar-refractivity contribution in [2.75, 3.05) is 13.2 Å². The summed E-state index contributed by atoms with van der Waals surface area (Å²) < 4.78 is 13.2. The van der Waals surface area contributed by atoms with Gasteiger partial charge < -0.3 is 14.8 Å². The average Bonchev–Trinajstić information content (AvgIpc) is 3.23. The number of imidazole rings is 1. The Morgan fingerprint density at radius 3 is 2.60 bits per heavy atom. The van der Waals surface area contributed by atoms with Crippen LogP contribution in [0.4, 0.5) is 0 Å². The minimum absolute atomic E-state index is 0.126. The summed E-state index contributed by atoms with van der Waals surface area (Å²) in [6, 6.07) is 21.1. The molecule has 5 rings (SSSR count). The fourth-order valence-corrected chi connectivity index (χ4v) is 3.63. The first-order valence-corrected chi connectivity index (χ1v) is 9.92. The molecule has 0 radical (unpaired) electrons. The Kier molecular flexibility index (Phi) is 4.59. The Balaban J connectivity index is 1.32. The molecule has 1 atom stereocenters. The lowest BCUT2D eigenvalue weighted by atomic mass is 10.1. The summed E-state index contributed by atoms with van der Waals surface area (Å²) in [6.45, 7) is 3.05. The molecule has 150 valence electrons. The molecule has 2 heterocycles. The third kappa shape index (κ3) is 3.37. The van der Waals surface area contributed by atoms with Crippen LogP contribution in [0, 0.1) is 0 Å². The van der Waals surface area contributed by atoms with E-state index in [1.54, 1.807) is 6.33 Å². The van der Waals surface area contributed by atoms with Crippen LogP contribution in [-0.4, -0.2) is 28.7 Å². The van der Waals surface area contributed by atoms with Gasteiger partial charge in [-0.15, -0.1) is 0 Å². The highest BCUT2D eigenvalue weighted by Crippen LogP contribution is 2.32. The Labute approximate surface area is 174 Å². The molecule has 0 fully saturated rings. The molecule has 0 saturated carbocycles. The number of hydrogen-bond acceptors (Lipinski definition) is 4. The molecule has 1 N–H and O–H groups in total. The van der Waals surface area contributed by atoms with Crippen LogP contribution in [-0.2, 0) is 0 Å². The van der Waals surface area contributed by atoms with Gasteiger partial charge in [-0.1, -0.05) is 18.2 Å². The average molecular weight is 399 g/mol. The summed E-state index contributed by atoms with van der Waals surface area (Å²) in [6.07, 6.45) is 1.80. The maximum absolute atomic E-state index is 12.7. The van der Waals surface area contributed by atoms with Gasteiger partial charge in [0.2, 0.25) is 0 Å². The number of nitrogens with zero attached hydrogens (tertiary/aromatic N) is 2. The highest BCUT2D eigenvalue weighted by atomic mass is 16.6. The Morgan fingerprint density at radius 1 is 1.00 bits per heavy atom. The molecular formula is C24H21N3O3. The summed E-state index contributed by atoms with van der Waals surface area (Å²) in [5.74, 6) is 1.34. The van der Waals surface area contributed by atoms with Crippen molar-refractivity contribution in [3.8, 4) is 17.2 Å². The quantitative estimate of drug-likeness (QED) is 0.556. The lowest BCUT2D eigenvalue weighted by Crippen LogP contribution is -2.26. The molecule has 0 saturated heterocycles. The van der Waals surface area contributed by atoms with Crippen LogP contribution in [0.5, 0.6) is 11.5 Å². The number of carbonyl (C=O) groups is 1. The fraction of sp³-hybridized carbons (Fsp3) is 0.167. The van der Waals surface area contributed by atoms with Crippen LogP contribution >= 0.6 is 0 Å². The first kappa shape index (κ1) is 18.2. The van der Waals surface area contributed by atoms with E-state index in [4.69, 9.17) is 9.47 Å². The van der Waals surface area contributed by atoms with Crippen molar-refractivity contribution < 1.29 is 14.3 Å². The van der Waals surface area contributed by atoms with E-state index in [-0.39, 0.29) is 11.9 Å². The Hall–Kier alpha value is -3.80. The second kappa shape index (κ2) is 7.55. The van der Waals surface area contributed by atoms with Gasteiger partial charge in [-0.25, -0.2) is 4.98 Å². The normalized spacial score (nSPS) is 13.8. The van der Waals surface area contributed by atoms with Gasteiger partial charge in [0, 0.05) is 11.3 Å². The summed E-state index contributed by atoms with van der Waals surface area (Å²) in [5.41, 5.74) is 4.50. The predicted molar refractivity (Wildman–Crippen MR) is 114 cm³/mol. The van der Waals surface area contributed by atoms with Crippen LogP contribution in [0.25, 0.3) is 16.7 Å². The van der Waals surface area contributed by atoms with Gasteiger partial charge in [0.1, 0.15) is 19.5 Å². The van der Waals surface area contributed by atoms with E-state index in [1.807, 2.05) is 78.2 Å². The maximum atomic E-state index is 12.7. The molecule has 30 heavy (non-hydrogen) atoms. The summed E-state index contributed by atoms with van der Waals surface area (Å²) in [4.78, 5) is 17.2. The van der Waals surface area contributed by atoms with Gasteiger partial charge in [-0.3, -0.25) is 9.36 Å². The molecule has 0 spiro atoms. The molecule has 0 unspecified atom stereocenters. The monoisotopic (exact) mass is 399 g/mol. The molecule has 0 aliphatic carbocycles. The van der Waals surface area contributed by atoms with Crippen molar-refractivity contribution in [2.45, 2.75) is 13.0 Å². The standard InChI is InChI=1S/C24H21N3O3/c1-16(18-8-11-22-23(14-18)30-13-12-29-22)26-24(28)17-6-9-19(10-7-17)27-15-25-20-4-2-3-5-21(20)27/h2-11,14-16H,12-13H2,1H3,(H,26,28)/t16-/m0/s1. The number of hydrogen-bond donors (Lipinski definition) is 1. The molecule has 1 amide bonds. The Morgan fingerprint density at radius 2 is 1.77 bits per heavy atom. The topological polar surface area (TPSA) is 65.4 Å². The van der Waals surface area contributed by atoms with E-state index in [1.165, 1.54) is 0 Å². The fourth-order valence-electron chi connectivity index (χ4n) is 3.63. The number of benzene rings is 3. The van der Waals surface area contributed by atoms with E-state index in [0.717, 1.165) is 33.8 Å². The second-order valence-electron chi connectivity index (χ2n) is 7.25. The molecule has 3 aromatic carbocycles. The molecule has 6 heteroatoms. The van der Waals surface area contributed by atoms with Crippen LogP contribution < -0.4 is 14.8 Å². The van der Waals surface area contributed by atoms with E-state index in [9.17, 15) is 4.79 Å². The number of ether oxygens (including phenoxy) is 2. The Bertz CT molecular complexity index is 1210. The SMILES string of the molecule is C[C@H](NC(=O)c1ccc(-n2cnc3ccccc32)cc1)c1ccc2c(c1)OCCO2. The van der Waals surface area contributed by atoms with Gasteiger partial charge >= 0.3 is 0 Å². The van der Waals surface area contributed by atoms with Gasteiger partial charge in [-0.2, -0.15) is 0 Å². The molecular weight excluding hydrogens is 378 g/mol. The summed E-state index contributed by atoms with van der Waals surface area (Å²) >= 11 is 0. The van der Waals surface area contributed by atoms with Crippen LogP contribution in [0.15, 0.2) is 73.1 Å². The molecule has 1 aliphatic heterocycles. The van der Waals surface area contributed by atoms with Crippen molar-refractivity contribution in [3.63, 3.8) is 0 Å². The van der Waals surface area contributed by atoms with Crippen molar-refractivity contribution in [1.29, 1.82) is 0 Å². The number of fused-ring (bicyclic) bond motifs is 2. The third-order valence-corrected chi connectivity index (χ3v) is 5.28. The van der Waals surface area contributed by atoms with Crippen LogP contribution in [0.1, 0.15) is 28.9 Å². The van der Waals surface area contributed by atoms with Gasteiger partial charge in [0.05, 0.1) is 17.1 Å². The van der Waals surface area contributed by atoms with Crippen molar-refractivity contribution in [2.24, 2.45) is 0 Å². The molecule has 1 aliphatic rings. The van der Waals surface area contributed by atoms with Crippen molar-refractivity contribution in [1.82, 2.24) is 14.9 Å². The molecule has 4 aromatic rings. The lowest BCUT2D eigenvalue weighted by Gasteiger charge is -2.21. The number of amides is 1. The lowest BCUT2D eigenvalue weighted by molar-refractivity contribution is 0.0939. The smallest absolute Gasteiger partial charge is 0.251 e. The summed E-state index contributed by atoms with van der Waals surface area (Å²) in [5, 5.41) is 3.05. The number of nitrogens with one attached hydrogen (secondary N) is 1. The number of aromatic nitrogens is 2. The van der Waals surface area contributed by atoms with Crippen LogP contribution in [0.2, 0.25) is 0 Å². The predicted octanol–water partition coefficient (Wildman–Crippen LogP) is 4.29. The third-order valence-electron chi connectivity index (χ3n) is 5.28. The van der Waals surface area contributed by atoms with Crippen molar-refractivity contribution >= 4 is 16.9 Å². The first-order chi connectivity index (χ1) is 14.7. The summed E-state index contributed by atoms with van der Waals surface area (Å²) in [7, 11) is 0. The number of para-hydroxylation sites is 2. The largest absolute Gasteiger partial charge is 0.486 e. The highest BCUT2D eigenvalue weighted by Gasteiger charge is 2.16. The number of rotatable bonds is 4.